The van der Waals surface area contributed by atoms with Gasteiger partial charge < -0.3 is 4.90 Å². The molecule has 16 heavy (non-hydrogen) atoms. The maximum Gasteiger partial charge on any atom is 0.150 e. The summed E-state index contributed by atoms with van der Waals surface area (Å²) in [4.78, 5) is 2.19. The summed E-state index contributed by atoms with van der Waals surface area (Å²) in [6.07, 6.45) is 4.10. The van der Waals surface area contributed by atoms with E-state index in [9.17, 15) is 8.42 Å². The van der Waals surface area contributed by atoms with Gasteiger partial charge in [-0.25, -0.2) is 8.42 Å². The van der Waals surface area contributed by atoms with E-state index in [-0.39, 0.29) is 5.75 Å². The monoisotopic (exact) mass is 269 g/mol. The highest BCUT2D eigenvalue weighted by Crippen LogP contribution is 2.00. The predicted molar refractivity (Wildman–Crippen MR) is 71.0 cm³/mol. The molecule has 0 aliphatic carbocycles. The van der Waals surface area contributed by atoms with Crippen molar-refractivity contribution in [2.24, 2.45) is 0 Å². The topological polar surface area (TPSA) is 37.4 Å². The van der Waals surface area contributed by atoms with Gasteiger partial charge in [0.2, 0.25) is 0 Å². The summed E-state index contributed by atoms with van der Waals surface area (Å²) in [6, 6.07) is 0. The highest BCUT2D eigenvalue weighted by Gasteiger charge is 2.07. The van der Waals surface area contributed by atoms with Gasteiger partial charge in [-0.15, -0.1) is 11.6 Å². The Hall–Kier alpha value is 0.200. The predicted octanol–water partition coefficient (Wildman–Crippen LogP) is 2.15. The van der Waals surface area contributed by atoms with Crippen LogP contribution in [0.1, 0.15) is 32.6 Å². The summed E-state index contributed by atoms with van der Waals surface area (Å²) >= 11 is 5.59. The molecule has 0 amide bonds. The summed E-state index contributed by atoms with van der Waals surface area (Å²) in [5.74, 6) is 1.31. The van der Waals surface area contributed by atoms with Crippen LogP contribution in [0.2, 0.25) is 0 Å². The molecule has 98 valence electrons. The van der Waals surface area contributed by atoms with Gasteiger partial charge in [-0.2, -0.15) is 0 Å². The van der Waals surface area contributed by atoms with Crippen LogP contribution < -0.4 is 0 Å². The summed E-state index contributed by atoms with van der Waals surface area (Å²) in [7, 11) is -0.747. The van der Waals surface area contributed by atoms with Crippen molar-refractivity contribution in [3.63, 3.8) is 0 Å². The van der Waals surface area contributed by atoms with Crippen LogP contribution in [0.25, 0.3) is 0 Å². The number of hydrogen-bond acceptors (Lipinski definition) is 3. The Bertz CT molecular complexity index is 255. The molecule has 0 aromatic heterocycles. The van der Waals surface area contributed by atoms with Crippen molar-refractivity contribution in [3.8, 4) is 0 Å². The van der Waals surface area contributed by atoms with Crippen LogP contribution in [0, 0.1) is 0 Å². The van der Waals surface area contributed by atoms with E-state index < -0.39 is 9.84 Å². The Morgan fingerprint density at radius 2 is 1.69 bits per heavy atom. The molecule has 0 radical (unpaired) electrons. The number of rotatable bonds is 10. The van der Waals surface area contributed by atoms with Crippen molar-refractivity contribution >= 4 is 21.4 Å². The minimum Gasteiger partial charge on any atom is -0.306 e. The van der Waals surface area contributed by atoms with E-state index in [4.69, 9.17) is 11.6 Å². The molecule has 0 spiro atoms. The molecule has 0 aromatic rings. The Labute approximate surface area is 105 Å². The average Bonchev–Trinajstić information content (AvgIpc) is 2.24. The minimum absolute atomic E-state index is 0.256. The Morgan fingerprint density at radius 1 is 1.06 bits per heavy atom. The van der Waals surface area contributed by atoms with Gasteiger partial charge in [-0.1, -0.05) is 13.3 Å². The standard InChI is InChI=1S/C11H24ClNO2S/c1-3-16(14,15)11-7-10-13(2)9-6-4-5-8-12/h3-11H2,1-2H3. The van der Waals surface area contributed by atoms with Gasteiger partial charge >= 0.3 is 0 Å². The molecular weight excluding hydrogens is 246 g/mol. The summed E-state index contributed by atoms with van der Waals surface area (Å²) in [6.45, 7) is 3.59. The van der Waals surface area contributed by atoms with Crippen LogP contribution in [-0.2, 0) is 9.84 Å². The van der Waals surface area contributed by atoms with Gasteiger partial charge in [-0.3, -0.25) is 0 Å². The molecule has 0 fully saturated rings. The van der Waals surface area contributed by atoms with E-state index in [1.807, 2.05) is 7.05 Å². The first-order valence-corrected chi connectivity index (χ1v) is 8.32. The first-order chi connectivity index (χ1) is 7.52. The van der Waals surface area contributed by atoms with Gasteiger partial charge in [0.15, 0.2) is 0 Å². The van der Waals surface area contributed by atoms with Gasteiger partial charge in [0.25, 0.3) is 0 Å². The zero-order valence-electron chi connectivity index (χ0n) is 10.4. The molecule has 0 N–H and O–H groups in total. The Kier molecular flexibility index (Phi) is 9.37. The van der Waals surface area contributed by atoms with Crippen LogP contribution in [0.5, 0.6) is 0 Å². The molecule has 0 saturated carbocycles. The van der Waals surface area contributed by atoms with E-state index in [0.717, 1.165) is 44.7 Å². The molecule has 0 atom stereocenters. The molecule has 0 bridgehead atoms. The minimum atomic E-state index is -2.79. The largest absolute Gasteiger partial charge is 0.306 e. The fourth-order valence-corrected chi connectivity index (χ4v) is 2.51. The third kappa shape index (κ3) is 9.43. The number of alkyl halides is 1. The fraction of sp³-hybridized carbons (Fsp3) is 1.00. The molecule has 0 saturated heterocycles. The SMILES string of the molecule is CCS(=O)(=O)CCCN(C)CCCCCCl. The van der Waals surface area contributed by atoms with Crippen LogP contribution in [-0.4, -0.2) is 50.8 Å². The lowest BCUT2D eigenvalue weighted by Gasteiger charge is -2.15. The maximum absolute atomic E-state index is 11.2. The van der Waals surface area contributed by atoms with Crippen molar-refractivity contribution in [2.45, 2.75) is 32.6 Å². The quantitative estimate of drug-likeness (QED) is 0.451. The van der Waals surface area contributed by atoms with E-state index in [1.54, 1.807) is 6.92 Å². The lowest BCUT2D eigenvalue weighted by atomic mass is 10.2. The van der Waals surface area contributed by atoms with E-state index in [0.29, 0.717) is 5.75 Å². The number of halogens is 1. The lowest BCUT2D eigenvalue weighted by Crippen LogP contribution is -2.23. The van der Waals surface area contributed by atoms with Crippen molar-refractivity contribution in [1.82, 2.24) is 4.90 Å². The first kappa shape index (κ1) is 16.2. The molecule has 0 heterocycles. The normalized spacial score (nSPS) is 12.2. The Balaban J connectivity index is 3.47. The highest BCUT2D eigenvalue weighted by atomic mass is 35.5. The highest BCUT2D eigenvalue weighted by molar-refractivity contribution is 7.91. The fourth-order valence-electron chi connectivity index (χ4n) is 1.46. The molecule has 0 aliphatic rings. The van der Waals surface area contributed by atoms with Crippen molar-refractivity contribution in [1.29, 1.82) is 0 Å². The average molecular weight is 270 g/mol. The second-order valence-electron chi connectivity index (χ2n) is 4.14. The molecule has 0 rings (SSSR count). The second kappa shape index (κ2) is 9.25. The summed E-state index contributed by atoms with van der Waals surface area (Å²) in [5, 5.41) is 0. The van der Waals surface area contributed by atoms with Gasteiger partial charge in [0, 0.05) is 11.6 Å². The van der Waals surface area contributed by atoms with Gasteiger partial charge in [0.05, 0.1) is 5.75 Å². The van der Waals surface area contributed by atoms with E-state index in [2.05, 4.69) is 4.90 Å². The van der Waals surface area contributed by atoms with Crippen molar-refractivity contribution in [3.05, 3.63) is 0 Å². The van der Waals surface area contributed by atoms with Crippen LogP contribution in [0.4, 0.5) is 0 Å². The smallest absolute Gasteiger partial charge is 0.150 e. The molecule has 0 aromatic carbocycles. The molecule has 0 aliphatic heterocycles. The summed E-state index contributed by atoms with van der Waals surface area (Å²) < 4.78 is 22.5. The molecule has 0 unspecified atom stereocenters. The van der Waals surface area contributed by atoms with E-state index in [1.165, 1.54) is 0 Å². The van der Waals surface area contributed by atoms with Crippen LogP contribution >= 0.6 is 11.6 Å². The number of sulfone groups is 1. The number of nitrogens with zero attached hydrogens (tertiary/aromatic N) is 1. The zero-order chi connectivity index (χ0) is 12.4. The van der Waals surface area contributed by atoms with Gasteiger partial charge in [0.1, 0.15) is 9.84 Å². The third-order valence-electron chi connectivity index (χ3n) is 2.61. The molecule has 3 nitrogen and oxygen atoms in total. The number of unbranched alkanes of at least 4 members (excludes halogenated alkanes) is 2. The van der Waals surface area contributed by atoms with Crippen molar-refractivity contribution < 1.29 is 8.42 Å². The Morgan fingerprint density at radius 3 is 2.25 bits per heavy atom. The second-order valence-corrected chi connectivity index (χ2v) is 6.99. The third-order valence-corrected chi connectivity index (χ3v) is 4.67. The maximum atomic E-state index is 11.2. The zero-order valence-corrected chi connectivity index (χ0v) is 12.0. The van der Waals surface area contributed by atoms with E-state index >= 15 is 0 Å². The first-order valence-electron chi connectivity index (χ1n) is 5.96. The summed E-state index contributed by atoms with van der Waals surface area (Å²) in [5.41, 5.74) is 0. The molecule has 5 heteroatoms. The van der Waals surface area contributed by atoms with Crippen molar-refractivity contribution in [2.75, 3.05) is 37.5 Å². The number of hydrogen-bond donors (Lipinski definition) is 0. The molecular formula is C11H24ClNO2S. The lowest BCUT2D eigenvalue weighted by molar-refractivity contribution is 0.326. The van der Waals surface area contributed by atoms with Crippen LogP contribution in [0.3, 0.4) is 0 Å². The van der Waals surface area contributed by atoms with Crippen LogP contribution in [0.15, 0.2) is 0 Å². The van der Waals surface area contributed by atoms with Gasteiger partial charge in [-0.05, 0) is 39.4 Å².